The summed E-state index contributed by atoms with van der Waals surface area (Å²) in [6, 6.07) is 1.05. The third kappa shape index (κ3) is 4.65. The van der Waals surface area contributed by atoms with Crippen LogP contribution >= 0.6 is 0 Å². The minimum atomic E-state index is 0.0805. The average Bonchev–Trinajstić information content (AvgIpc) is 2.76. The maximum atomic E-state index is 14.0. The van der Waals surface area contributed by atoms with E-state index in [2.05, 4.69) is 49.6 Å². The van der Waals surface area contributed by atoms with Crippen LogP contribution in [0.1, 0.15) is 40.5 Å². The molecule has 0 N–H and O–H groups in total. The molecular formula is C18H31FN2. The molecule has 0 aromatic heterocycles. The predicted molar refractivity (Wildman–Crippen MR) is 88.0 cm³/mol. The first-order valence-corrected chi connectivity index (χ1v) is 8.48. The van der Waals surface area contributed by atoms with E-state index in [0.29, 0.717) is 30.3 Å². The van der Waals surface area contributed by atoms with Crippen molar-refractivity contribution in [2.24, 2.45) is 11.8 Å². The second kappa shape index (κ2) is 7.55. The molecule has 0 aliphatic carbocycles. The molecule has 2 nitrogen and oxygen atoms in total. The second-order valence-electron chi connectivity index (χ2n) is 7.09. The standard InChI is InChI=1S/C18H31FN2/c1-14(2)20-9-6-5-7-16(12-20)17-11-18(19)8-10-21(13-17)15(3)4/h5,7,11,14-17H,6,8-10,12-13H2,1-4H3. The molecule has 0 spiro atoms. The molecule has 0 bridgehead atoms. The van der Waals surface area contributed by atoms with Gasteiger partial charge in [-0.1, -0.05) is 12.2 Å². The first kappa shape index (κ1) is 16.7. The van der Waals surface area contributed by atoms with Crippen molar-refractivity contribution in [1.29, 1.82) is 0 Å². The van der Waals surface area contributed by atoms with Crippen LogP contribution in [-0.4, -0.2) is 48.1 Å². The molecule has 0 fully saturated rings. The summed E-state index contributed by atoms with van der Waals surface area (Å²) >= 11 is 0. The van der Waals surface area contributed by atoms with Gasteiger partial charge in [-0.15, -0.1) is 0 Å². The number of hydrogen-bond donors (Lipinski definition) is 0. The number of hydrogen-bond acceptors (Lipinski definition) is 2. The number of nitrogens with zero attached hydrogens (tertiary/aromatic N) is 2. The summed E-state index contributed by atoms with van der Waals surface area (Å²) in [6.07, 6.45) is 8.21. The van der Waals surface area contributed by atoms with Crippen molar-refractivity contribution < 1.29 is 4.39 Å². The number of halogens is 1. The summed E-state index contributed by atoms with van der Waals surface area (Å²) in [5.74, 6) is 0.808. The van der Waals surface area contributed by atoms with Gasteiger partial charge < -0.3 is 4.90 Å². The largest absolute Gasteiger partial charge is 0.300 e. The third-order valence-corrected chi connectivity index (χ3v) is 4.90. The van der Waals surface area contributed by atoms with Crippen molar-refractivity contribution in [2.45, 2.75) is 52.6 Å². The molecule has 21 heavy (non-hydrogen) atoms. The summed E-state index contributed by atoms with van der Waals surface area (Å²) in [4.78, 5) is 4.95. The zero-order valence-corrected chi connectivity index (χ0v) is 14.1. The van der Waals surface area contributed by atoms with E-state index in [9.17, 15) is 4.39 Å². The van der Waals surface area contributed by atoms with Crippen molar-refractivity contribution in [2.75, 3.05) is 26.2 Å². The topological polar surface area (TPSA) is 6.48 Å². The summed E-state index contributed by atoms with van der Waals surface area (Å²) in [6.45, 7) is 12.9. The Kier molecular flexibility index (Phi) is 6.00. The van der Waals surface area contributed by atoms with E-state index >= 15 is 0 Å². The Balaban J connectivity index is 2.13. The van der Waals surface area contributed by atoms with Crippen LogP contribution in [0.3, 0.4) is 0 Å². The Labute approximate surface area is 129 Å². The van der Waals surface area contributed by atoms with Gasteiger partial charge in [0.15, 0.2) is 0 Å². The fraction of sp³-hybridized carbons (Fsp3) is 0.778. The van der Waals surface area contributed by atoms with E-state index in [1.54, 1.807) is 0 Å². The van der Waals surface area contributed by atoms with E-state index in [0.717, 1.165) is 32.6 Å². The molecule has 2 heterocycles. The van der Waals surface area contributed by atoms with Crippen molar-refractivity contribution >= 4 is 0 Å². The van der Waals surface area contributed by atoms with Gasteiger partial charge in [-0.2, -0.15) is 0 Å². The van der Waals surface area contributed by atoms with E-state index in [1.807, 2.05) is 6.08 Å². The van der Waals surface area contributed by atoms with Gasteiger partial charge in [0.2, 0.25) is 0 Å². The molecule has 0 saturated carbocycles. The normalized spacial score (nSPS) is 29.6. The maximum Gasteiger partial charge on any atom is 0.0976 e. The smallest absolute Gasteiger partial charge is 0.0976 e. The van der Waals surface area contributed by atoms with E-state index < -0.39 is 0 Å². The summed E-state index contributed by atoms with van der Waals surface area (Å²) in [5, 5.41) is 0. The van der Waals surface area contributed by atoms with Gasteiger partial charge in [-0.25, -0.2) is 4.39 Å². The lowest BCUT2D eigenvalue weighted by molar-refractivity contribution is 0.159. The summed E-state index contributed by atoms with van der Waals surface area (Å²) in [7, 11) is 0. The Morgan fingerprint density at radius 2 is 1.62 bits per heavy atom. The summed E-state index contributed by atoms with van der Waals surface area (Å²) in [5.41, 5.74) is 0. The van der Waals surface area contributed by atoms with Crippen molar-refractivity contribution in [1.82, 2.24) is 9.80 Å². The predicted octanol–water partition coefficient (Wildman–Crippen LogP) is 3.86. The molecule has 0 aromatic rings. The van der Waals surface area contributed by atoms with E-state index in [4.69, 9.17) is 0 Å². The first-order chi connectivity index (χ1) is 9.97. The molecular weight excluding hydrogens is 263 g/mol. The Hall–Kier alpha value is -0.670. The molecule has 2 aliphatic rings. The first-order valence-electron chi connectivity index (χ1n) is 8.48. The van der Waals surface area contributed by atoms with Crippen LogP contribution in [0.4, 0.5) is 4.39 Å². The fourth-order valence-corrected chi connectivity index (χ4v) is 3.39. The van der Waals surface area contributed by atoms with Crippen LogP contribution in [-0.2, 0) is 0 Å². The van der Waals surface area contributed by atoms with Gasteiger partial charge in [0.05, 0.1) is 5.83 Å². The summed E-state index contributed by atoms with van der Waals surface area (Å²) < 4.78 is 14.0. The quantitative estimate of drug-likeness (QED) is 0.729. The highest BCUT2D eigenvalue weighted by Gasteiger charge is 2.28. The highest BCUT2D eigenvalue weighted by Crippen LogP contribution is 2.27. The van der Waals surface area contributed by atoms with Gasteiger partial charge in [0.1, 0.15) is 0 Å². The number of rotatable bonds is 3. The van der Waals surface area contributed by atoms with Crippen LogP contribution in [0.2, 0.25) is 0 Å². The van der Waals surface area contributed by atoms with Gasteiger partial charge in [0.25, 0.3) is 0 Å². The van der Waals surface area contributed by atoms with Crippen LogP contribution in [0.25, 0.3) is 0 Å². The lowest BCUT2D eigenvalue weighted by Gasteiger charge is -2.33. The van der Waals surface area contributed by atoms with Crippen molar-refractivity contribution in [3.05, 3.63) is 24.1 Å². The van der Waals surface area contributed by atoms with Gasteiger partial charge in [0, 0.05) is 44.7 Å². The van der Waals surface area contributed by atoms with Crippen molar-refractivity contribution in [3.8, 4) is 0 Å². The fourth-order valence-electron chi connectivity index (χ4n) is 3.39. The Morgan fingerprint density at radius 3 is 2.29 bits per heavy atom. The third-order valence-electron chi connectivity index (χ3n) is 4.90. The minimum absolute atomic E-state index is 0.0805. The molecule has 3 heteroatoms. The second-order valence-corrected chi connectivity index (χ2v) is 7.09. The van der Waals surface area contributed by atoms with Gasteiger partial charge in [-0.3, -0.25) is 4.90 Å². The molecule has 2 aliphatic heterocycles. The molecule has 120 valence electrons. The van der Waals surface area contributed by atoms with Gasteiger partial charge in [-0.05, 0) is 52.0 Å². The van der Waals surface area contributed by atoms with Crippen LogP contribution < -0.4 is 0 Å². The zero-order valence-electron chi connectivity index (χ0n) is 14.1. The molecule has 0 aromatic carbocycles. The van der Waals surface area contributed by atoms with Crippen LogP contribution in [0.15, 0.2) is 24.1 Å². The lowest BCUT2D eigenvalue weighted by Crippen LogP contribution is -2.40. The molecule has 0 radical (unpaired) electrons. The Bertz CT molecular complexity index is 387. The van der Waals surface area contributed by atoms with Crippen LogP contribution in [0.5, 0.6) is 0 Å². The molecule has 2 atom stereocenters. The average molecular weight is 294 g/mol. The highest BCUT2D eigenvalue weighted by molar-refractivity contribution is 5.08. The van der Waals surface area contributed by atoms with E-state index in [1.165, 1.54) is 0 Å². The van der Waals surface area contributed by atoms with Gasteiger partial charge >= 0.3 is 0 Å². The Morgan fingerprint density at radius 1 is 1.00 bits per heavy atom. The molecule has 0 amide bonds. The minimum Gasteiger partial charge on any atom is -0.300 e. The zero-order chi connectivity index (χ0) is 15.4. The van der Waals surface area contributed by atoms with E-state index in [-0.39, 0.29) is 5.83 Å². The molecule has 2 unspecified atom stereocenters. The maximum absolute atomic E-state index is 14.0. The van der Waals surface area contributed by atoms with Crippen molar-refractivity contribution in [3.63, 3.8) is 0 Å². The highest BCUT2D eigenvalue weighted by atomic mass is 19.1. The lowest BCUT2D eigenvalue weighted by atomic mass is 9.90. The van der Waals surface area contributed by atoms with Crippen LogP contribution in [0, 0.1) is 11.8 Å². The molecule has 0 saturated heterocycles. The SMILES string of the molecule is CC(C)N1CCC=CC(C2C=C(F)CCN(C(C)C)C2)C1. The monoisotopic (exact) mass is 294 g/mol. The molecule has 2 rings (SSSR count).